The number of hydrogen-bond donors (Lipinski definition) is 4. The van der Waals surface area contributed by atoms with E-state index in [1.54, 1.807) is 54.7 Å². The van der Waals surface area contributed by atoms with Crippen molar-refractivity contribution in [2.45, 2.75) is 50.9 Å². The summed E-state index contributed by atoms with van der Waals surface area (Å²) < 4.78 is 26.3. The van der Waals surface area contributed by atoms with Crippen LogP contribution in [0.25, 0.3) is 22.5 Å². The minimum Gasteiger partial charge on any atom is -0.481 e. The Bertz CT molecular complexity index is 1910. The molecule has 4 N–H and O–H groups in total. The molecule has 1 atom stereocenters. The highest BCUT2D eigenvalue weighted by Gasteiger charge is 2.24. The molecule has 6 rings (SSSR count). The predicted molar refractivity (Wildman–Crippen MR) is 198 cm³/mol. The number of piperidine rings is 1. The van der Waals surface area contributed by atoms with E-state index >= 15 is 4.39 Å². The van der Waals surface area contributed by atoms with Gasteiger partial charge in [-0.25, -0.2) is 14.4 Å². The summed E-state index contributed by atoms with van der Waals surface area (Å²) in [5, 5.41) is 13.4. The Labute approximate surface area is 311 Å². The Hall–Kier alpha value is -4.40. The van der Waals surface area contributed by atoms with Crippen molar-refractivity contribution in [2.75, 3.05) is 45.8 Å². The lowest BCUT2D eigenvalue weighted by molar-refractivity contribution is -0.136. The summed E-state index contributed by atoms with van der Waals surface area (Å²) in [5.74, 6) is 0.0462. The number of pyridine rings is 3. The Morgan fingerprint density at radius 1 is 0.981 bits per heavy atom. The zero-order valence-electron chi connectivity index (χ0n) is 29.0. The maximum absolute atomic E-state index is 15.7. The number of benzene rings is 1. The molecule has 0 unspecified atom stereocenters. The monoisotopic (exact) mass is 750 g/mol. The van der Waals surface area contributed by atoms with Crippen LogP contribution in [0.2, 0.25) is 10.0 Å². The van der Waals surface area contributed by atoms with Crippen LogP contribution in [0.4, 0.5) is 15.9 Å². The van der Waals surface area contributed by atoms with Gasteiger partial charge in [-0.05, 0) is 43.5 Å². The summed E-state index contributed by atoms with van der Waals surface area (Å²) in [6, 6.07) is 12.8. The molecule has 3 aromatic heterocycles. The fourth-order valence-corrected chi connectivity index (χ4v) is 6.99. The van der Waals surface area contributed by atoms with Crippen molar-refractivity contribution in [3.8, 4) is 28.4 Å². The second kappa shape index (κ2) is 17.4. The van der Waals surface area contributed by atoms with E-state index in [4.69, 9.17) is 37.7 Å². The van der Waals surface area contributed by atoms with Crippen molar-refractivity contribution < 1.29 is 23.5 Å². The van der Waals surface area contributed by atoms with Crippen LogP contribution < -0.4 is 26.0 Å². The number of nitrogens with one attached hydrogen (secondary N) is 4. The minimum absolute atomic E-state index is 0.0218. The highest BCUT2D eigenvalue weighted by atomic mass is 35.5. The van der Waals surface area contributed by atoms with Gasteiger partial charge in [0.25, 0.3) is 0 Å². The van der Waals surface area contributed by atoms with Crippen LogP contribution in [0, 0.1) is 5.82 Å². The molecule has 15 heteroatoms. The maximum atomic E-state index is 15.7. The van der Waals surface area contributed by atoms with Gasteiger partial charge in [-0.15, -0.1) is 0 Å². The highest BCUT2D eigenvalue weighted by Crippen LogP contribution is 2.41. The van der Waals surface area contributed by atoms with Crippen molar-refractivity contribution in [1.82, 2.24) is 35.8 Å². The Morgan fingerprint density at radius 2 is 1.79 bits per heavy atom. The van der Waals surface area contributed by atoms with Crippen molar-refractivity contribution in [1.29, 1.82) is 0 Å². The van der Waals surface area contributed by atoms with E-state index < -0.39 is 5.82 Å². The lowest BCUT2D eigenvalue weighted by Crippen LogP contribution is -2.45. The topological polar surface area (TPSA) is 143 Å². The lowest BCUT2D eigenvalue weighted by atomic mass is 10.0. The standard InChI is InChI=1S/C37H41Cl2FN8O4/c1-51-21-31(50)48-16-12-24(13-17-48)44-19-22-10-14-43-36(34(22)40)46-29-5-3-4-27(32(29)38)35-33(39)26(11-15-42-35)28-8-6-23(37(47-28)52-2)18-41-20-25-7-9-30(49)45-25/h3-6,8,10-11,14-15,24-25,41,44H,7,9,12-13,16-21H2,1-2H3,(H,43,46)(H,45,49)/t25-/m0/s1. The molecule has 2 amide bonds. The van der Waals surface area contributed by atoms with Gasteiger partial charge in [-0.3, -0.25) is 14.6 Å². The average Bonchev–Trinajstić information content (AvgIpc) is 3.58. The summed E-state index contributed by atoms with van der Waals surface area (Å²) in [6.45, 7) is 2.79. The third kappa shape index (κ3) is 8.79. The number of halogens is 3. The highest BCUT2D eigenvalue weighted by molar-refractivity contribution is 6.39. The number of aromatic nitrogens is 3. The number of nitrogens with zero attached hydrogens (tertiary/aromatic N) is 4. The molecule has 5 heterocycles. The molecular formula is C37H41Cl2FN8O4. The number of anilines is 2. The van der Waals surface area contributed by atoms with Gasteiger partial charge in [0.15, 0.2) is 11.6 Å². The first-order valence-corrected chi connectivity index (χ1v) is 17.9. The fourth-order valence-electron chi connectivity index (χ4n) is 6.42. The van der Waals surface area contributed by atoms with E-state index in [2.05, 4.69) is 31.2 Å². The number of hydrogen-bond acceptors (Lipinski definition) is 10. The van der Waals surface area contributed by atoms with E-state index in [0.29, 0.717) is 88.8 Å². The van der Waals surface area contributed by atoms with Crippen LogP contribution >= 0.6 is 23.2 Å². The Morgan fingerprint density at radius 3 is 2.54 bits per heavy atom. The normalized spacial score (nSPS) is 16.2. The Kier molecular flexibility index (Phi) is 12.5. The molecule has 2 aliphatic heterocycles. The molecule has 274 valence electrons. The number of likely N-dealkylation sites (tertiary alicyclic amines) is 1. The molecule has 4 aromatic rings. The molecule has 0 aliphatic carbocycles. The lowest BCUT2D eigenvalue weighted by Gasteiger charge is -2.32. The van der Waals surface area contributed by atoms with Crippen molar-refractivity contribution in [3.05, 3.63) is 81.8 Å². The van der Waals surface area contributed by atoms with E-state index in [1.165, 1.54) is 7.11 Å². The first kappa shape index (κ1) is 37.4. The van der Waals surface area contributed by atoms with Gasteiger partial charge in [-0.2, -0.15) is 0 Å². The Balaban J connectivity index is 1.14. The van der Waals surface area contributed by atoms with E-state index in [1.807, 2.05) is 12.1 Å². The van der Waals surface area contributed by atoms with Crippen LogP contribution in [-0.2, 0) is 27.4 Å². The first-order chi connectivity index (χ1) is 25.2. The molecule has 2 saturated heterocycles. The molecular weight excluding hydrogens is 710 g/mol. The molecule has 0 radical (unpaired) electrons. The summed E-state index contributed by atoms with van der Waals surface area (Å²) in [7, 11) is 3.07. The number of methoxy groups -OCH3 is 2. The summed E-state index contributed by atoms with van der Waals surface area (Å²) in [6.07, 6.45) is 6.08. The van der Waals surface area contributed by atoms with Gasteiger partial charge in [0.1, 0.15) is 6.61 Å². The average molecular weight is 752 g/mol. The van der Waals surface area contributed by atoms with Gasteiger partial charge in [0.2, 0.25) is 17.7 Å². The first-order valence-electron chi connectivity index (χ1n) is 17.1. The fraction of sp³-hybridized carbons (Fsp3) is 0.378. The van der Waals surface area contributed by atoms with Crippen molar-refractivity contribution in [2.24, 2.45) is 0 Å². The van der Waals surface area contributed by atoms with Gasteiger partial charge < -0.3 is 35.6 Å². The van der Waals surface area contributed by atoms with E-state index in [9.17, 15) is 9.59 Å². The van der Waals surface area contributed by atoms with Crippen molar-refractivity contribution >= 4 is 46.5 Å². The smallest absolute Gasteiger partial charge is 0.248 e. The van der Waals surface area contributed by atoms with E-state index in [-0.39, 0.29) is 36.3 Å². The molecule has 2 aliphatic rings. The second-order valence-electron chi connectivity index (χ2n) is 12.7. The molecule has 0 bridgehead atoms. The van der Waals surface area contributed by atoms with Gasteiger partial charge in [0.05, 0.1) is 34.2 Å². The second-order valence-corrected chi connectivity index (χ2v) is 13.5. The van der Waals surface area contributed by atoms with Crippen molar-refractivity contribution in [3.63, 3.8) is 0 Å². The molecule has 12 nitrogen and oxygen atoms in total. The SMILES string of the molecule is COCC(=O)N1CCC(NCc2ccnc(Nc3cccc(-c4nccc(-c5ccc(CNC[C@@H]6CCC(=O)N6)c(OC)n5)c4Cl)c3Cl)c2F)CC1. The summed E-state index contributed by atoms with van der Waals surface area (Å²) in [5.41, 5.74) is 3.93. The third-order valence-corrected chi connectivity index (χ3v) is 10.1. The van der Waals surface area contributed by atoms with Crippen LogP contribution in [0.5, 0.6) is 5.88 Å². The third-order valence-electron chi connectivity index (χ3n) is 9.26. The number of ether oxygens (including phenoxy) is 2. The number of amides is 2. The maximum Gasteiger partial charge on any atom is 0.248 e. The van der Waals surface area contributed by atoms with E-state index in [0.717, 1.165) is 24.8 Å². The summed E-state index contributed by atoms with van der Waals surface area (Å²) >= 11 is 13.9. The number of carbonyl (C=O) groups is 2. The van der Waals surface area contributed by atoms with Crippen LogP contribution in [0.1, 0.15) is 36.8 Å². The number of rotatable bonds is 14. The zero-order valence-corrected chi connectivity index (χ0v) is 30.5. The van der Waals surface area contributed by atoms with Crippen LogP contribution in [0.3, 0.4) is 0 Å². The summed E-state index contributed by atoms with van der Waals surface area (Å²) in [4.78, 5) is 38.9. The van der Waals surface area contributed by atoms with Gasteiger partial charge in [-0.1, -0.05) is 41.4 Å². The molecule has 2 fully saturated rings. The quantitative estimate of drug-likeness (QED) is 0.131. The van der Waals surface area contributed by atoms with Crippen LogP contribution in [0.15, 0.2) is 54.9 Å². The molecule has 1 aromatic carbocycles. The molecule has 0 saturated carbocycles. The molecule has 0 spiro atoms. The van der Waals surface area contributed by atoms with Gasteiger partial charge in [0, 0.05) is 93.0 Å². The minimum atomic E-state index is -0.494. The van der Waals surface area contributed by atoms with Crippen LogP contribution in [-0.4, -0.2) is 84.2 Å². The predicted octanol–water partition coefficient (Wildman–Crippen LogP) is 5.50. The number of carbonyl (C=O) groups excluding carboxylic acids is 2. The zero-order chi connectivity index (χ0) is 36.6. The molecule has 52 heavy (non-hydrogen) atoms. The van der Waals surface area contributed by atoms with Gasteiger partial charge >= 0.3 is 0 Å². The largest absolute Gasteiger partial charge is 0.481 e.